The van der Waals surface area contributed by atoms with E-state index in [2.05, 4.69) is 336 Å². The van der Waals surface area contributed by atoms with Gasteiger partial charge in [0, 0.05) is 81.6 Å². The smallest absolute Gasteiger partial charge is 0.0541 e. The van der Waals surface area contributed by atoms with Crippen molar-refractivity contribution in [3.8, 4) is 38.4 Å². The van der Waals surface area contributed by atoms with Gasteiger partial charge in [-0.15, -0.1) is 23.1 Å². The topological polar surface area (TPSA) is 11.4 Å². The van der Waals surface area contributed by atoms with Gasteiger partial charge >= 0.3 is 0 Å². The highest BCUT2D eigenvalue weighted by Crippen LogP contribution is 2.49. The Balaban J connectivity index is 0.875. The zero-order valence-corrected chi connectivity index (χ0v) is 49.5. The summed E-state index contributed by atoms with van der Waals surface area (Å²) < 4.78 is 2.57. The largest absolute Gasteiger partial charge is 0.310 e. The van der Waals surface area contributed by atoms with Crippen LogP contribution >= 0.6 is 23.1 Å². The molecule has 5 heteroatoms. The third-order valence-corrected chi connectivity index (χ3v) is 20.0. The fourth-order valence-electron chi connectivity index (χ4n) is 13.1. The Kier molecular flexibility index (Phi) is 13.7. The molecule has 2 aliphatic rings. The quantitative estimate of drug-likeness (QED) is 0.114. The van der Waals surface area contributed by atoms with Crippen molar-refractivity contribution >= 4 is 107 Å². The van der Waals surface area contributed by atoms with E-state index in [4.69, 9.17) is 0 Å². The van der Waals surface area contributed by atoms with Crippen molar-refractivity contribution in [2.45, 2.75) is 24.0 Å². The Morgan fingerprint density at radius 3 is 1.40 bits per heavy atom. The van der Waals surface area contributed by atoms with Crippen LogP contribution in [-0.2, 0) is 0 Å². The molecule has 0 saturated carbocycles. The molecule has 3 nitrogen and oxygen atoms in total. The Bertz CT molecular complexity index is 4750. The second-order valence-corrected chi connectivity index (χ2v) is 25.1. The lowest BCUT2D eigenvalue weighted by Gasteiger charge is -2.25. The fraction of sp³-hybridized carbons (Fsp3) is 0.0488. The Morgan fingerprint density at radius 2 is 0.862 bits per heavy atom. The molecular weight excluding hydrogens is 1090 g/mol. The Hall–Kier alpha value is -10.2. The average Bonchev–Trinajstić information content (AvgIpc) is 1.78. The number of fused-ring (bicyclic) bond motifs is 5. The molecule has 0 saturated heterocycles. The molecule has 2 aromatic heterocycles. The van der Waals surface area contributed by atoms with Gasteiger partial charge in [-0.1, -0.05) is 194 Å². The van der Waals surface area contributed by atoms with Gasteiger partial charge in [-0.05, 0) is 201 Å². The van der Waals surface area contributed by atoms with Crippen molar-refractivity contribution in [3.05, 3.63) is 336 Å². The maximum Gasteiger partial charge on any atom is 0.0541 e. The van der Waals surface area contributed by atoms with E-state index < -0.39 is 0 Å². The van der Waals surface area contributed by atoms with Crippen LogP contribution in [0.1, 0.15) is 40.0 Å². The van der Waals surface area contributed by atoms with Gasteiger partial charge in [0.15, 0.2) is 0 Å². The zero-order chi connectivity index (χ0) is 57.6. The van der Waals surface area contributed by atoms with Crippen LogP contribution in [0.4, 0.5) is 34.1 Å². The molecule has 1 aliphatic heterocycles. The number of hydrogen-bond acceptors (Lipinski definition) is 4. The summed E-state index contributed by atoms with van der Waals surface area (Å²) in [6.07, 6.45) is 9.46. The maximum atomic E-state index is 2.59. The number of thioether (sulfide) groups is 1. The van der Waals surface area contributed by atoms with Gasteiger partial charge in [-0.2, -0.15) is 0 Å². The minimum atomic E-state index is 0.251. The maximum absolute atomic E-state index is 2.59. The summed E-state index contributed by atoms with van der Waals surface area (Å²) >= 11 is 3.92. The number of allylic oxidation sites excluding steroid dienone is 1. The van der Waals surface area contributed by atoms with Crippen LogP contribution in [0.15, 0.2) is 309 Å². The second kappa shape index (κ2) is 22.7. The van der Waals surface area contributed by atoms with Crippen LogP contribution in [0.2, 0.25) is 0 Å². The highest BCUT2D eigenvalue weighted by Gasteiger charge is 2.25. The Labute approximate surface area is 516 Å². The van der Waals surface area contributed by atoms with Crippen LogP contribution in [-0.4, -0.2) is 4.57 Å². The third kappa shape index (κ3) is 10.1. The lowest BCUT2D eigenvalue weighted by atomic mass is 9.94. The average molecular weight is 1150 g/mol. The summed E-state index contributed by atoms with van der Waals surface area (Å²) in [5.41, 5.74) is 17.6. The van der Waals surface area contributed by atoms with Crippen molar-refractivity contribution in [1.82, 2.24) is 4.57 Å². The molecule has 2 unspecified atom stereocenters. The van der Waals surface area contributed by atoms with Gasteiger partial charge in [0.1, 0.15) is 0 Å². The Morgan fingerprint density at radius 1 is 0.356 bits per heavy atom. The summed E-state index contributed by atoms with van der Waals surface area (Å²) in [4.78, 5) is 8.77. The monoisotopic (exact) mass is 1150 g/mol. The molecule has 12 aromatic carbocycles. The van der Waals surface area contributed by atoms with Gasteiger partial charge in [0.05, 0.1) is 5.52 Å². The van der Waals surface area contributed by atoms with Gasteiger partial charge in [-0.25, -0.2) is 0 Å². The first kappa shape index (κ1) is 52.4. The van der Waals surface area contributed by atoms with E-state index in [1.54, 1.807) is 0 Å². The molecule has 0 fully saturated rings. The number of benzene rings is 12. The van der Waals surface area contributed by atoms with Crippen LogP contribution in [0, 0.1) is 0 Å². The van der Waals surface area contributed by atoms with E-state index in [0.29, 0.717) is 5.25 Å². The van der Waals surface area contributed by atoms with E-state index in [9.17, 15) is 0 Å². The normalized spacial score (nSPS) is 14.6. The molecule has 0 bridgehead atoms. The van der Waals surface area contributed by atoms with Crippen molar-refractivity contribution in [3.63, 3.8) is 0 Å². The van der Waals surface area contributed by atoms with Crippen molar-refractivity contribution in [2.75, 3.05) is 9.80 Å². The number of anilines is 6. The van der Waals surface area contributed by atoms with E-state index in [1.165, 1.54) is 74.4 Å². The summed E-state index contributed by atoms with van der Waals surface area (Å²) in [6.45, 7) is 0. The summed E-state index contributed by atoms with van der Waals surface area (Å²) in [7, 11) is 0. The first-order valence-electron chi connectivity index (χ1n) is 30.1. The number of aromatic nitrogens is 1. The molecule has 3 heterocycles. The van der Waals surface area contributed by atoms with E-state index in [1.807, 2.05) is 23.1 Å². The molecule has 14 aromatic rings. The van der Waals surface area contributed by atoms with Crippen molar-refractivity contribution in [2.24, 2.45) is 0 Å². The highest BCUT2D eigenvalue weighted by molar-refractivity contribution is 8.08. The number of nitrogens with zero attached hydrogens (tertiary/aromatic N) is 3. The van der Waals surface area contributed by atoms with Crippen LogP contribution in [0.3, 0.4) is 0 Å². The molecular formula is C82H59N3S2. The number of para-hydroxylation sites is 4. The SMILES string of the molecule is C1=C(c2ccccc2)SC(c2ccc3c(c2)c2c(n3-c3cc(-c4ccc5ccc(N(c6ccccc6)c6ccccc6)cc5c4)cc(-c4ccc5ccc(N(c6ccccc6)c6ccccc6)cc5c4)c3)=CCC(c3ccc(-c4ccccc4)s3)C=2)C1. The molecule has 0 spiro atoms. The minimum Gasteiger partial charge on any atom is -0.310 e. The minimum absolute atomic E-state index is 0.251. The standard InChI is InChI=1S/C82H59N3S2/c1-7-19-58(20-8-1)79-43-45-81(86-79)62-37-41-77-75(54-62)76-55-63(82-46-44-80(87-82)59-21-9-2-10-22-59)38-42-78(76)85(77)74-52-66(60-33-31-56-35-39-72(50-64(56)47-60)83(68-23-11-3-12-24-68)69-25-13-4-14-26-69)49-67(53-74)61-34-32-57-36-40-73(51-65(57)48-61)84(70-27-15-5-16-28-70)71-29-17-6-18-30-71/h1-37,39-44,46-55,63,81H,38,45H2. The first-order valence-corrected chi connectivity index (χ1v) is 31.8. The number of rotatable bonds is 13. The van der Waals surface area contributed by atoms with Crippen molar-refractivity contribution < 1.29 is 0 Å². The van der Waals surface area contributed by atoms with Crippen molar-refractivity contribution in [1.29, 1.82) is 0 Å². The van der Waals surface area contributed by atoms with E-state index in [-0.39, 0.29) is 5.92 Å². The predicted molar refractivity (Wildman–Crippen MR) is 373 cm³/mol. The van der Waals surface area contributed by atoms with Gasteiger partial charge < -0.3 is 14.4 Å². The summed E-state index contributed by atoms with van der Waals surface area (Å²) in [5.74, 6) is 0.251. The van der Waals surface area contributed by atoms with E-state index in [0.717, 1.165) is 74.9 Å². The summed E-state index contributed by atoms with van der Waals surface area (Å²) in [6, 6.07) is 112. The number of hydrogen-bond donors (Lipinski definition) is 0. The number of thiophene rings is 1. The lowest BCUT2D eigenvalue weighted by molar-refractivity contribution is 0.926. The van der Waals surface area contributed by atoms with Gasteiger partial charge in [0.2, 0.25) is 0 Å². The highest BCUT2D eigenvalue weighted by atomic mass is 32.2. The lowest BCUT2D eigenvalue weighted by Crippen LogP contribution is -2.31. The fourth-order valence-corrected chi connectivity index (χ4v) is 15.4. The van der Waals surface area contributed by atoms with Crippen LogP contribution < -0.4 is 20.4 Å². The van der Waals surface area contributed by atoms with Crippen LogP contribution in [0.25, 0.3) is 87.9 Å². The third-order valence-electron chi connectivity index (χ3n) is 17.3. The molecule has 2 atom stereocenters. The molecule has 87 heavy (non-hydrogen) atoms. The molecule has 0 radical (unpaired) electrons. The first-order chi connectivity index (χ1) is 43.1. The van der Waals surface area contributed by atoms with E-state index >= 15 is 0 Å². The molecule has 16 rings (SSSR count). The van der Waals surface area contributed by atoms with Gasteiger partial charge in [-0.3, -0.25) is 0 Å². The molecule has 1 aliphatic carbocycles. The van der Waals surface area contributed by atoms with Gasteiger partial charge in [0.25, 0.3) is 0 Å². The summed E-state index contributed by atoms with van der Waals surface area (Å²) in [5, 5.41) is 8.92. The molecule has 0 amide bonds. The van der Waals surface area contributed by atoms with Crippen LogP contribution in [0.5, 0.6) is 0 Å². The molecule has 414 valence electrons. The predicted octanol–water partition coefficient (Wildman–Crippen LogP) is 21.9. The zero-order valence-electron chi connectivity index (χ0n) is 47.8. The second-order valence-electron chi connectivity index (χ2n) is 22.7. The molecule has 0 N–H and O–H groups in total.